The van der Waals surface area contributed by atoms with Crippen LogP contribution in [0.15, 0.2) is 42.5 Å². The molecular weight excluding hydrogens is 431 g/mol. The van der Waals surface area contributed by atoms with E-state index in [2.05, 4.69) is 23.6 Å². The molecule has 2 aromatic rings. The first kappa shape index (κ1) is 24.5. The Bertz CT molecular complexity index is 972. The van der Waals surface area contributed by atoms with E-state index in [0.717, 1.165) is 56.4 Å². The van der Waals surface area contributed by atoms with E-state index in [-0.39, 0.29) is 35.4 Å². The number of rotatable bonds is 8. The number of nitrogens with zero attached hydrogens (tertiary/aromatic N) is 2. The fourth-order valence-corrected chi connectivity index (χ4v) is 5.66. The first-order valence-corrected chi connectivity index (χ1v) is 12.5. The highest BCUT2D eigenvalue weighted by molar-refractivity contribution is 5.79. The number of carbonyl (C=O) groups excluding carboxylic acids is 1. The number of ether oxygens (including phenoxy) is 1. The van der Waals surface area contributed by atoms with Gasteiger partial charge in [-0.2, -0.15) is 0 Å². The Morgan fingerprint density at radius 3 is 2.50 bits per heavy atom. The molecule has 184 valence electrons. The van der Waals surface area contributed by atoms with Gasteiger partial charge in [-0.15, -0.1) is 0 Å². The Hall–Kier alpha value is -2.60. The van der Waals surface area contributed by atoms with Crippen LogP contribution >= 0.6 is 0 Å². The molecule has 2 atom stereocenters. The van der Waals surface area contributed by atoms with Gasteiger partial charge in [0.15, 0.2) is 11.5 Å². The van der Waals surface area contributed by atoms with Crippen molar-refractivity contribution in [1.29, 1.82) is 0 Å². The average Bonchev–Trinajstić information content (AvgIpc) is 3.49. The molecule has 0 aromatic heterocycles. The molecule has 6 heteroatoms. The first-order valence-electron chi connectivity index (χ1n) is 12.5. The number of likely N-dealkylation sites (tertiary alicyclic amines) is 1. The van der Waals surface area contributed by atoms with Crippen LogP contribution in [0.3, 0.4) is 0 Å². The van der Waals surface area contributed by atoms with Crippen LogP contribution in [-0.4, -0.2) is 53.6 Å². The molecule has 0 radical (unpaired) electrons. The van der Waals surface area contributed by atoms with E-state index in [1.54, 1.807) is 13.2 Å². The Morgan fingerprint density at radius 2 is 1.85 bits per heavy atom. The number of phenols is 1. The summed E-state index contributed by atoms with van der Waals surface area (Å²) in [6.45, 7) is 7.34. The van der Waals surface area contributed by atoms with Crippen LogP contribution in [0, 0.1) is 17.7 Å². The Kier molecular flexibility index (Phi) is 7.77. The van der Waals surface area contributed by atoms with Crippen molar-refractivity contribution < 1.29 is 19.0 Å². The van der Waals surface area contributed by atoms with Gasteiger partial charge in [-0.05, 0) is 68.0 Å². The molecule has 5 nitrogen and oxygen atoms in total. The summed E-state index contributed by atoms with van der Waals surface area (Å²) in [4.78, 5) is 17.8. The average molecular weight is 469 g/mol. The molecule has 1 amide bonds. The summed E-state index contributed by atoms with van der Waals surface area (Å²) in [7, 11) is 1.55. The Labute approximate surface area is 202 Å². The van der Waals surface area contributed by atoms with Crippen LogP contribution < -0.4 is 4.74 Å². The number of halogens is 1. The lowest BCUT2D eigenvalue weighted by molar-refractivity contribution is -0.137. The summed E-state index contributed by atoms with van der Waals surface area (Å²) < 4.78 is 18.9. The molecule has 2 fully saturated rings. The highest BCUT2D eigenvalue weighted by Gasteiger charge is 2.38. The number of phenolic OH excluding ortho intramolecular Hbond substituents is 1. The molecular formula is C28H37FN2O3. The molecule has 0 bridgehead atoms. The van der Waals surface area contributed by atoms with Crippen LogP contribution in [0.4, 0.5) is 4.39 Å². The molecule has 2 unspecified atom stereocenters. The smallest absolute Gasteiger partial charge is 0.225 e. The van der Waals surface area contributed by atoms with Gasteiger partial charge in [-0.25, -0.2) is 4.39 Å². The maximum absolute atomic E-state index is 13.6. The number of amides is 1. The van der Waals surface area contributed by atoms with E-state index in [4.69, 9.17) is 4.74 Å². The van der Waals surface area contributed by atoms with Crippen molar-refractivity contribution >= 4 is 5.91 Å². The second-order valence-corrected chi connectivity index (χ2v) is 10.2. The number of hydrogen-bond acceptors (Lipinski definition) is 4. The molecule has 1 N–H and O–H groups in total. The molecule has 1 aliphatic heterocycles. The highest BCUT2D eigenvalue weighted by Crippen LogP contribution is 2.36. The molecule has 2 aliphatic rings. The second kappa shape index (κ2) is 10.8. The zero-order chi connectivity index (χ0) is 24.2. The lowest BCUT2D eigenvalue weighted by Gasteiger charge is -2.33. The van der Waals surface area contributed by atoms with Crippen LogP contribution in [0.25, 0.3) is 0 Å². The van der Waals surface area contributed by atoms with Gasteiger partial charge in [-0.1, -0.05) is 31.0 Å². The summed E-state index contributed by atoms with van der Waals surface area (Å²) in [5.41, 5.74) is 2.19. The monoisotopic (exact) mass is 468 g/mol. The minimum atomic E-state index is -0.230. The van der Waals surface area contributed by atoms with Gasteiger partial charge in [0, 0.05) is 44.1 Å². The van der Waals surface area contributed by atoms with E-state index >= 15 is 0 Å². The van der Waals surface area contributed by atoms with E-state index in [1.807, 2.05) is 24.3 Å². The zero-order valence-corrected chi connectivity index (χ0v) is 20.5. The van der Waals surface area contributed by atoms with Crippen LogP contribution in [0.5, 0.6) is 11.5 Å². The van der Waals surface area contributed by atoms with Crippen LogP contribution in [-0.2, 0) is 11.3 Å². The van der Waals surface area contributed by atoms with E-state index in [0.29, 0.717) is 18.2 Å². The standard InChI is InChI=1S/C28H37FN2O3/c1-19(2)31(28(33)22-6-4-5-7-22)17-23-16-30(15-20-8-13-26(32)27(14-20)34-3)18-25(23)21-9-11-24(29)12-10-21/h8-14,19,22-23,25,32H,4-7,15-18H2,1-3H3. The fraction of sp³-hybridized carbons (Fsp3) is 0.536. The number of benzene rings is 2. The number of carbonyl (C=O) groups is 1. The molecule has 1 aliphatic carbocycles. The molecule has 34 heavy (non-hydrogen) atoms. The van der Waals surface area contributed by atoms with Crippen molar-refractivity contribution in [3.05, 3.63) is 59.4 Å². The van der Waals surface area contributed by atoms with E-state index < -0.39 is 0 Å². The van der Waals surface area contributed by atoms with E-state index in [1.165, 1.54) is 12.1 Å². The second-order valence-electron chi connectivity index (χ2n) is 10.2. The summed E-state index contributed by atoms with van der Waals surface area (Å²) in [5, 5.41) is 9.94. The third-order valence-electron chi connectivity index (χ3n) is 7.51. The van der Waals surface area contributed by atoms with Gasteiger partial charge in [0.25, 0.3) is 0 Å². The SMILES string of the molecule is COc1cc(CN2CC(CN(C(=O)C3CCCC3)C(C)C)C(c3ccc(F)cc3)C2)ccc1O. The number of hydrogen-bond donors (Lipinski definition) is 1. The Morgan fingerprint density at radius 1 is 1.15 bits per heavy atom. The van der Waals surface area contributed by atoms with Crippen LogP contribution in [0.1, 0.15) is 56.6 Å². The van der Waals surface area contributed by atoms with Gasteiger partial charge in [0.05, 0.1) is 7.11 Å². The quantitative estimate of drug-likeness (QED) is 0.580. The summed E-state index contributed by atoms with van der Waals surface area (Å²) in [5.74, 6) is 1.31. The van der Waals surface area contributed by atoms with Crippen molar-refractivity contribution in [2.24, 2.45) is 11.8 Å². The fourth-order valence-electron chi connectivity index (χ4n) is 5.66. The summed E-state index contributed by atoms with van der Waals surface area (Å²) in [6.07, 6.45) is 4.30. The van der Waals surface area contributed by atoms with Crippen molar-refractivity contribution in [2.75, 3.05) is 26.7 Å². The number of aromatic hydroxyl groups is 1. The van der Waals surface area contributed by atoms with Gasteiger partial charge >= 0.3 is 0 Å². The van der Waals surface area contributed by atoms with Crippen molar-refractivity contribution in [1.82, 2.24) is 9.80 Å². The van der Waals surface area contributed by atoms with Crippen molar-refractivity contribution in [3.63, 3.8) is 0 Å². The maximum Gasteiger partial charge on any atom is 0.225 e. The lowest BCUT2D eigenvalue weighted by atomic mass is 9.88. The molecule has 2 aromatic carbocycles. The van der Waals surface area contributed by atoms with Crippen molar-refractivity contribution in [3.8, 4) is 11.5 Å². The van der Waals surface area contributed by atoms with Crippen LogP contribution in [0.2, 0.25) is 0 Å². The lowest BCUT2D eigenvalue weighted by Crippen LogP contribution is -2.44. The van der Waals surface area contributed by atoms with E-state index in [9.17, 15) is 14.3 Å². The van der Waals surface area contributed by atoms with Gasteiger partial charge in [0.2, 0.25) is 5.91 Å². The topological polar surface area (TPSA) is 53.0 Å². The molecule has 1 saturated carbocycles. The molecule has 4 rings (SSSR count). The highest BCUT2D eigenvalue weighted by atomic mass is 19.1. The predicted octanol–water partition coefficient (Wildman–Crippen LogP) is 5.18. The minimum absolute atomic E-state index is 0.132. The summed E-state index contributed by atoms with van der Waals surface area (Å²) >= 11 is 0. The van der Waals surface area contributed by atoms with Gasteiger partial charge < -0.3 is 14.7 Å². The third kappa shape index (κ3) is 5.54. The third-order valence-corrected chi connectivity index (χ3v) is 7.51. The van der Waals surface area contributed by atoms with Crippen molar-refractivity contribution in [2.45, 2.75) is 58.0 Å². The first-order chi connectivity index (χ1) is 16.4. The summed E-state index contributed by atoms with van der Waals surface area (Å²) in [6, 6.07) is 12.4. The predicted molar refractivity (Wildman–Crippen MR) is 131 cm³/mol. The normalized spacial score (nSPS) is 21.3. The largest absolute Gasteiger partial charge is 0.504 e. The minimum Gasteiger partial charge on any atom is -0.504 e. The van der Waals surface area contributed by atoms with Gasteiger partial charge in [-0.3, -0.25) is 9.69 Å². The Balaban J connectivity index is 1.54. The molecule has 1 saturated heterocycles. The number of methoxy groups -OCH3 is 1. The zero-order valence-electron chi connectivity index (χ0n) is 20.5. The molecule has 1 heterocycles. The maximum atomic E-state index is 13.6. The molecule has 0 spiro atoms. The van der Waals surface area contributed by atoms with Gasteiger partial charge in [0.1, 0.15) is 5.82 Å².